The summed E-state index contributed by atoms with van der Waals surface area (Å²) in [6.07, 6.45) is -3.01. The minimum absolute atomic E-state index is 0.203. The van der Waals surface area contributed by atoms with E-state index in [4.69, 9.17) is 14.5 Å². The first-order valence-electron chi connectivity index (χ1n) is 13.5. The number of halogens is 3. The number of urea groups is 1. The molecule has 1 aliphatic rings. The number of nitrogens with zero attached hydrogens (tertiary/aromatic N) is 5. The van der Waals surface area contributed by atoms with E-state index in [0.717, 1.165) is 11.1 Å². The maximum Gasteiger partial charge on any atom is 0.406 e. The van der Waals surface area contributed by atoms with Crippen molar-refractivity contribution in [3.8, 4) is 17.1 Å². The van der Waals surface area contributed by atoms with Gasteiger partial charge in [0.15, 0.2) is 5.82 Å². The smallest absolute Gasteiger partial charge is 0.406 e. The third kappa shape index (κ3) is 7.47. The molecule has 2 aromatic heterocycles. The highest BCUT2D eigenvalue weighted by molar-refractivity contribution is 6.00. The molecule has 42 heavy (non-hydrogen) atoms. The number of aromatic nitrogens is 3. The van der Waals surface area contributed by atoms with Gasteiger partial charge in [0.2, 0.25) is 0 Å². The summed E-state index contributed by atoms with van der Waals surface area (Å²) in [4.78, 5) is 25.8. The Hall–Kier alpha value is -4.36. The number of ether oxygens (including phenoxy) is 2. The largest absolute Gasteiger partial charge is 0.492 e. The zero-order valence-electron chi connectivity index (χ0n) is 23.3. The van der Waals surface area contributed by atoms with Gasteiger partial charge >= 0.3 is 12.2 Å². The Morgan fingerprint density at radius 3 is 2.24 bits per heavy atom. The van der Waals surface area contributed by atoms with Crippen molar-refractivity contribution in [3.63, 3.8) is 0 Å². The molecule has 0 aliphatic carbocycles. The summed E-state index contributed by atoms with van der Waals surface area (Å²) in [7, 11) is 3.94. The standard InChI is InChI=1S/C29H32F3N7O3/c1-37(2)13-18-42-23-9-7-22(8-10-23)34-28(40)33-21-5-3-20(4-6-21)25-35-26(38-14-16-41-17-15-38)24-11-12-39(27(24)36-25)19-29(30,31)32/h3-12H,13-19H2,1-2H3,(H2,33,34,40). The molecule has 5 rings (SSSR count). The van der Waals surface area contributed by atoms with Crippen molar-refractivity contribution in [3.05, 3.63) is 60.8 Å². The van der Waals surface area contributed by atoms with E-state index in [2.05, 4.69) is 15.6 Å². The lowest BCUT2D eigenvalue weighted by Crippen LogP contribution is -2.37. The van der Waals surface area contributed by atoms with Crippen LogP contribution >= 0.6 is 0 Å². The van der Waals surface area contributed by atoms with E-state index in [-0.39, 0.29) is 11.5 Å². The van der Waals surface area contributed by atoms with Gasteiger partial charge in [-0.1, -0.05) is 0 Å². The minimum atomic E-state index is -4.40. The molecular weight excluding hydrogens is 551 g/mol. The summed E-state index contributed by atoms with van der Waals surface area (Å²) in [6, 6.07) is 15.1. The van der Waals surface area contributed by atoms with Crippen LogP contribution in [0.5, 0.6) is 5.75 Å². The predicted molar refractivity (Wildman–Crippen MR) is 155 cm³/mol. The molecule has 0 spiro atoms. The van der Waals surface area contributed by atoms with Crippen LogP contribution in [-0.4, -0.2) is 85.2 Å². The van der Waals surface area contributed by atoms with E-state index in [1.165, 1.54) is 6.20 Å². The third-order valence-corrected chi connectivity index (χ3v) is 6.58. The number of hydrogen-bond acceptors (Lipinski definition) is 7. The first-order valence-corrected chi connectivity index (χ1v) is 13.5. The number of fused-ring (bicyclic) bond motifs is 1. The van der Waals surface area contributed by atoms with E-state index >= 15 is 0 Å². The maximum atomic E-state index is 13.3. The molecule has 4 aromatic rings. The second kappa shape index (κ2) is 12.7. The highest BCUT2D eigenvalue weighted by atomic mass is 19.4. The molecule has 3 heterocycles. The van der Waals surface area contributed by atoms with Gasteiger partial charge in [-0.3, -0.25) is 0 Å². The molecular formula is C29H32F3N7O3. The van der Waals surface area contributed by atoms with Crippen LogP contribution in [0.25, 0.3) is 22.4 Å². The van der Waals surface area contributed by atoms with Gasteiger partial charge in [0.05, 0.1) is 18.6 Å². The van der Waals surface area contributed by atoms with Crippen LogP contribution in [0, 0.1) is 0 Å². The Balaban J connectivity index is 1.30. The molecule has 0 radical (unpaired) electrons. The molecule has 10 nitrogen and oxygen atoms in total. The summed E-state index contributed by atoms with van der Waals surface area (Å²) >= 11 is 0. The fourth-order valence-corrected chi connectivity index (χ4v) is 4.49. The van der Waals surface area contributed by atoms with Gasteiger partial charge in [0.1, 0.15) is 30.4 Å². The van der Waals surface area contributed by atoms with Gasteiger partial charge in [-0.25, -0.2) is 14.8 Å². The van der Waals surface area contributed by atoms with Gasteiger partial charge in [-0.15, -0.1) is 0 Å². The Labute approximate surface area is 241 Å². The van der Waals surface area contributed by atoms with Crippen molar-refractivity contribution in [1.82, 2.24) is 19.4 Å². The second-order valence-electron chi connectivity index (χ2n) is 10.1. The zero-order chi connectivity index (χ0) is 29.7. The average Bonchev–Trinajstić information content (AvgIpc) is 3.35. The van der Waals surface area contributed by atoms with Crippen molar-refractivity contribution in [1.29, 1.82) is 0 Å². The molecule has 0 atom stereocenters. The third-order valence-electron chi connectivity index (χ3n) is 6.58. The van der Waals surface area contributed by atoms with Crippen molar-refractivity contribution in [2.75, 3.05) is 69.1 Å². The first-order chi connectivity index (χ1) is 20.1. The number of anilines is 3. The van der Waals surface area contributed by atoms with E-state index < -0.39 is 18.8 Å². The Morgan fingerprint density at radius 1 is 0.976 bits per heavy atom. The van der Waals surface area contributed by atoms with Crippen molar-refractivity contribution in [2.24, 2.45) is 0 Å². The van der Waals surface area contributed by atoms with Crippen LogP contribution in [0.2, 0.25) is 0 Å². The fraction of sp³-hybridized carbons (Fsp3) is 0.345. The molecule has 1 aliphatic heterocycles. The Morgan fingerprint density at radius 2 is 1.62 bits per heavy atom. The number of amides is 2. The van der Waals surface area contributed by atoms with Gasteiger partial charge < -0.3 is 34.5 Å². The molecule has 222 valence electrons. The summed E-state index contributed by atoms with van der Waals surface area (Å²) in [6.45, 7) is 2.34. The number of morpholine rings is 1. The van der Waals surface area contributed by atoms with Crippen LogP contribution in [0.1, 0.15) is 0 Å². The van der Waals surface area contributed by atoms with Gasteiger partial charge in [-0.2, -0.15) is 13.2 Å². The predicted octanol–water partition coefficient (Wildman–Crippen LogP) is 5.08. The molecule has 1 fully saturated rings. The highest BCUT2D eigenvalue weighted by Crippen LogP contribution is 2.31. The molecule has 1 saturated heterocycles. The van der Waals surface area contributed by atoms with Crippen LogP contribution in [0.4, 0.5) is 35.2 Å². The van der Waals surface area contributed by atoms with Crippen LogP contribution in [0.3, 0.4) is 0 Å². The zero-order valence-corrected chi connectivity index (χ0v) is 23.3. The van der Waals surface area contributed by atoms with Crippen LogP contribution in [0.15, 0.2) is 60.8 Å². The van der Waals surface area contributed by atoms with Crippen molar-refractivity contribution < 1.29 is 27.4 Å². The van der Waals surface area contributed by atoms with Crippen LogP contribution in [-0.2, 0) is 11.3 Å². The van der Waals surface area contributed by atoms with E-state index in [0.29, 0.717) is 66.8 Å². The number of rotatable bonds is 9. The fourth-order valence-electron chi connectivity index (χ4n) is 4.49. The molecule has 2 N–H and O–H groups in total. The summed E-state index contributed by atoms with van der Waals surface area (Å²) in [5.74, 6) is 1.56. The number of carbonyl (C=O) groups is 1. The number of carbonyl (C=O) groups excluding carboxylic acids is 1. The SMILES string of the molecule is CN(C)CCOc1ccc(NC(=O)Nc2ccc(-c3nc(N4CCOCC4)c4ccn(CC(F)(F)F)c4n3)cc2)cc1. The van der Waals surface area contributed by atoms with Crippen molar-refractivity contribution in [2.45, 2.75) is 12.7 Å². The highest BCUT2D eigenvalue weighted by Gasteiger charge is 2.29. The monoisotopic (exact) mass is 583 g/mol. The first kappa shape index (κ1) is 29.1. The molecule has 0 saturated carbocycles. The summed E-state index contributed by atoms with van der Waals surface area (Å²) in [5, 5.41) is 6.10. The number of hydrogen-bond donors (Lipinski definition) is 2. The molecule has 13 heteroatoms. The quantitative estimate of drug-likeness (QED) is 0.284. The number of benzene rings is 2. The number of likely N-dealkylation sites (N-methyl/N-ethyl adjacent to an activating group) is 1. The topological polar surface area (TPSA) is 96.8 Å². The molecule has 0 unspecified atom stereocenters. The molecule has 2 aromatic carbocycles. The number of alkyl halides is 3. The van der Waals surface area contributed by atoms with Gasteiger partial charge in [-0.05, 0) is 68.7 Å². The van der Waals surface area contributed by atoms with Crippen molar-refractivity contribution >= 4 is 34.3 Å². The van der Waals surface area contributed by atoms with E-state index in [9.17, 15) is 18.0 Å². The summed E-state index contributed by atoms with van der Waals surface area (Å²) < 4.78 is 52.0. The van der Waals surface area contributed by atoms with Crippen LogP contribution < -0.4 is 20.3 Å². The second-order valence-corrected chi connectivity index (χ2v) is 10.1. The molecule has 0 bridgehead atoms. The molecule has 2 amide bonds. The lowest BCUT2D eigenvalue weighted by Gasteiger charge is -2.28. The Kier molecular flexibility index (Phi) is 8.78. The lowest BCUT2D eigenvalue weighted by atomic mass is 10.2. The Bertz CT molecular complexity index is 1500. The lowest BCUT2D eigenvalue weighted by molar-refractivity contribution is -0.139. The average molecular weight is 584 g/mol. The minimum Gasteiger partial charge on any atom is -0.492 e. The maximum absolute atomic E-state index is 13.3. The normalized spacial score (nSPS) is 13.9. The summed E-state index contributed by atoms with van der Waals surface area (Å²) in [5.41, 5.74) is 1.93. The van der Waals surface area contributed by atoms with E-state index in [1.807, 2.05) is 23.9 Å². The van der Waals surface area contributed by atoms with Gasteiger partial charge in [0.25, 0.3) is 0 Å². The van der Waals surface area contributed by atoms with Gasteiger partial charge in [0, 0.05) is 42.8 Å². The van der Waals surface area contributed by atoms with E-state index in [1.54, 1.807) is 54.6 Å². The number of nitrogens with one attached hydrogen (secondary N) is 2.